The van der Waals surface area contributed by atoms with Crippen molar-refractivity contribution in [1.29, 1.82) is 0 Å². The molecule has 134 valence electrons. The van der Waals surface area contributed by atoms with Gasteiger partial charge >= 0.3 is 5.97 Å². The fraction of sp³-hybridized carbons (Fsp3) is 0.333. The zero-order chi connectivity index (χ0) is 18.6. The molecule has 7 heteroatoms. The van der Waals surface area contributed by atoms with Gasteiger partial charge in [0, 0.05) is 42.2 Å². The molecule has 1 aromatic carbocycles. The molecule has 0 saturated heterocycles. The molecule has 25 heavy (non-hydrogen) atoms. The summed E-state index contributed by atoms with van der Waals surface area (Å²) in [7, 11) is 1.49. The molecule has 0 saturated carbocycles. The van der Waals surface area contributed by atoms with Crippen LogP contribution in [0.1, 0.15) is 28.2 Å². The second kappa shape index (κ2) is 8.18. The molecule has 2 aromatic rings. The van der Waals surface area contributed by atoms with Gasteiger partial charge in [0.05, 0.1) is 5.56 Å². The molecule has 2 rings (SSSR count). The van der Waals surface area contributed by atoms with Gasteiger partial charge in [-0.1, -0.05) is 11.6 Å². The van der Waals surface area contributed by atoms with Gasteiger partial charge in [-0.25, -0.2) is 4.79 Å². The highest BCUT2D eigenvalue weighted by Gasteiger charge is 2.23. The zero-order valence-corrected chi connectivity index (χ0v) is 15.1. The SMILES string of the molecule is COCCC(NC(=O)c1cc(C)n(-c2ccc(Cl)cc2)c1C)C(=O)O. The van der Waals surface area contributed by atoms with Gasteiger partial charge in [0.15, 0.2) is 0 Å². The van der Waals surface area contributed by atoms with Crippen LogP contribution in [0.3, 0.4) is 0 Å². The van der Waals surface area contributed by atoms with E-state index in [1.807, 2.05) is 30.5 Å². The van der Waals surface area contributed by atoms with E-state index in [0.717, 1.165) is 17.1 Å². The van der Waals surface area contributed by atoms with Crippen molar-refractivity contribution in [3.05, 3.63) is 52.3 Å². The normalized spacial score (nSPS) is 12.0. The molecule has 1 aromatic heterocycles. The summed E-state index contributed by atoms with van der Waals surface area (Å²) in [4.78, 5) is 23.8. The summed E-state index contributed by atoms with van der Waals surface area (Å²) >= 11 is 5.92. The Bertz CT molecular complexity index is 768. The van der Waals surface area contributed by atoms with Gasteiger partial charge in [0.1, 0.15) is 6.04 Å². The Morgan fingerprint density at radius 3 is 2.48 bits per heavy atom. The number of carboxylic acids is 1. The van der Waals surface area contributed by atoms with Gasteiger partial charge < -0.3 is 19.7 Å². The predicted molar refractivity (Wildman–Crippen MR) is 95.6 cm³/mol. The number of aromatic nitrogens is 1. The van der Waals surface area contributed by atoms with Crippen LogP contribution in [0.25, 0.3) is 5.69 Å². The maximum absolute atomic E-state index is 12.5. The Morgan fingerprint density at radius 2 is 1.92 bits per heavy atom. The van der Waals surface area contributed by atoms with Crippen molar-refractivity contribution >= 4 is 23.5 Å². The van der Waals surface area contributed by atoms with E-state index >= 15 is 0 Å². The highest BCUT2D eigenvalue weighted by atomic mass is 35.5. The molecule has 0 aliphatic heterocycles. The van der Waals surface area contributed by atoms with Crippen LogP contribution in [-0.2, 0) is 9.53 Å². The smallest absolute Gasteiger partial charge is 0.326 e. The number of aliphatic carboxylic acids is 1. The molecule has 1 unspecified atom stereocenters. The second-order valence-corrected chi connectivity index (χ2v) is 6.18. The third kappa shape index (κ3) is 4.41. The molecule has 0 aliphatic carbocycles. The molecule has 6 nitrogen and oxygen atoms in total. The molecule has 2 N–H and O–H groups in total. The fourth-order valence-corrected chi connectivity index (χ4v) is 2.84. The number of benzene rings is 1. The standard InChI is InChI=1S/C18H21ClN2O4/c1-11-10-15(17(22)20-16(18(23)24)8-9-25-3)12(2)21(11)14-6-4-13(19)5-7-14/h4-7,10,16H,8-9H2,1-3H3,(H,20,22)(H,23,24). The molecular formula is C18H21ClN2O4. The van der Waals surface area contributed by atoms with Crippen molar-refractivity contribution in [2.24, 2.45) is 0 Å². The highest BCUT2D eigenvalue weighted by Crippen LogP contribution is 2.22. The third-order valence-corrected chi connectivity index (χ3v) is 4.23. The number of methoxy groups -OCH3 is 1. The van der Waals surface area contributed by atoms with Crippen molar-refractivity contribution in [1.82, 2.24) is 9.88 Å². The Balaban J connectivity index is 2.28. The van der Waals surface area contributed by atoms with E-state index in [-0.39, 0.29) is 13.0 Å². The maximum Gasteiger partial charge on any atom is 0.326 e. The molecule has 0 fully saturated rings. The Kier molecular flexibility index (Phi) is 6.22. The summed E-state index contributed by atoms with van der Waals surface area (Å²) in [5.74, 6) is -1.51. The Hall–Kier alpha value is -2.31. The fourth-order valence-electron chi connectivity index (χ4n) is 2.71. The second-order valence-electron chi connectivity index (χ2n) is 5.74. The summed E-state index contributed by atoms with van der Waals surface area (Å²) in [5, 5.41) is 12.4. The number of nitrogens with one attached hydrogen (secondary N) is 1. The van der Waals surface area contributed by atoms with E-state index in [1.165, 1.54) is 7.11 Å². The summed E-state index contributed by atoms with van der Waals surface area (Å²) in [6, 6.07) is 8.03. The van der Waals surface area contributed by atoms with Crippen molar-refractivity contribution in [2.45, 2.75) is 26.3 Å². The van der Waals surface area contributed by atoms with Crippen LogP contribution in [0.5, 0.6) is 0 Å². The Labute approximate surface area is 151 Å². The number of ether oxygens (including phenoxy) is 1. The molecular weight excluding hydrogens is 344 g/mol. The average molecular weight is 365 g/mol. The number of halogens is 1. The molecule has 0 spiro atoms. The number of nitrogens with zero attached hydrogens (tertiary/aromatic N) is 1. The summed E-state index contributed by atoms with van der Waals surface area (Å²) in [6.45, 7) is 3.96. The van der Waals surface area contributed by atoms with E-state index < -0.39 is 17.9 Å². The molecule has 1 atom stereocenters. The first kappa shape index (κ1) is 19.0. The van der Waals surface area contributed by atoms with Crippen molar-refractivity contribution in [2.75, 3.05) is 13.7 Å². The van der Waals surface area contributed by atoms with Crippen LogP contribution < -0.4 is 5.32 Å². The molecule has 0 aliphatic rings. The van der Waals surface area contributed by atoms with Gasteiger partial charge in [-0.15, -0.1) is 0 Å². The minimum Gasteiger partial charge on any atom is -0.480 e. The lowest BCUT2D eigenvalue weighted by Gasteiger charge is -2.14. The van der Waals surface area contributed by atoms with Crippen LogP contribution in [0, 0.1) is 13.8 Å². The van der Waals surface area contributed by atoms with Crippen LogP contribution in [-0.4, -0.2) is 41.3 Å². The number of hydrogen-bond acceptors (Lipinski definition) is 3. The van der Waals surface area contributed by atoms with Crippen molar-refractivity contribution < 1.29 is 19.4 Å². The van der Waals surface area contributed by atoms with Crippen LogP contribution >= 0.6 is 11.6 Å². The van der Waals surface area contributed by atoms with Crippen molar-refractivity contribution in [3.63, 3.8) is 0 Å². The van der Waals surface area contributed by atoms with Gasteiger partial charge in [0.2, 0.25) is 0 Å². The van der Waals surface area contributed by atoms with Crippen LogP contribution in [0.2, 0.25) is 5.02 Å². The summed E-state index contributed by atoms with van der Waals surface area (Å²) in [5.41, 5.74) is 2.92. The molecule has 1 heterocycles. The first-order valence-corrected chi connectivity index (χ1v) is 8.20. The number of hydrogen-bond donors (Lipinski definition) is 2. The lowest BCUT2D eigenvalue weighted by atomic mass is 10.1. The minimum atomic E-state index is -1.09. The lowest BCUT2D eigenvalue weighted by Crippen LogP contribution is -2.41. The monoisotopic (exact) mass is 364 g/mol. The van der Waals surface area contributed by atoms with E-state index in [0.29, 0.717) is 10.6 Å². The predicted octanol–water partition coefficient (Wildman–Crippen LogP) is 2.97. The quantitative estimate of drug-likeness (QED) is 0.791. The van der Waals surface area contributed by atoms with Gasteiger partial charge in [-0.05, 0) is 44.2 Å². The summed E-state index contributed by atoms with van der Waals surface area (Å²) in [6.07, 6.45) is 0.202. The average Bonchev–Trinajstić information content (AvgIpc) is 2.87. The number of carboxylic acid groups (broad SMARTS) is 1. The third-order valence-electron chi connectivity index (χ3n) is 3.97. The molecule has 0 bridgehead atoms. The zero-order valence-electron chi connectivity index (χ0n) is 14.4. The largest absolute Gasteiger partial charge is 0.480 e. The number of rotatable bonds is 7. The van der Waals surface area contributed by atoms with E-state index in [2.05, 4.69) is 5.32 Å². The first-order chi connectivity index (χ1) is 11.8. The van der Waals surface area contributed by atoms with Crippen LogP contribution in [0.15, 0.2) is 30.3 Å². The molecule has 0 radical (unpaired) electrons. The minimum absolute atomic E-state index is 0.202. The van der Waals surface area contributed by atoms with E-state index in [4.69, 9.17) is 16.3 Å². The maximum atomic E-state index is 12.5. The number of amides is 1. The van der Waals surface area contributed by atoms with Gasteiger partial charge in [-0.2, -0.15) is 0 Å². The number of aryl methyl sites for hydroxylation is 1. The number of carbonyl (C=O) groups excluding carboxylic acids is 1. The Morgan fingerprint density at radius 1 is 1.28 bits per heavy atom. The summed E-state index contributed by atoms with van der Waals surface area (Å²) < 4.78 is 6.82. The molecule has 1 amide bonds. The highest BCUT2D eigenvalue weighted by molar-refractivity contribution is 6.30. The number of carbonyl (C=O) groups is 2. The first-order valence-electron chi connectivity index (χ1n) is 7.82. The van der Waals surface area contributed by atoms with Crippen molar-refractivity contribution in [3.8, 4) is 5.69 Å². The van der Waals surface area contributed by atoms with Gasteiger partial charge in [0.25, 0.3) is 5.91 Å². The van der Waals surface area contributed by atoms with Gasteiger partial charge in [-0.3, -0.25) is 4.79 Å². The van der Waals surface area contributed by atoms with E-state index in [9.17, 15) is 14.7 Å². The van der Waals surface area contributed by atoms with Crippen LogP contribution in [0.4, 0.5) is 0 Å². The topological polar surface area (TPSA) is 80.6 Å². The lowest BCUT2D eigenvalue weighted by molar-refractivity contribution is -0.139. The van der Waals surface area contributed by atoms with E-state index in [1.54, 1.807) is 18.2 Å².